The molecule has 2 atom stereocenters. The topological polar surface area (TPSA) is 33.3 Å². The van der Waals surface area contributed by atoms with Crippen LogP contribution in [0.3, 0.4) is 0 Å². The average molecular weight is 198 g/mol. The monoisotopic (exact) mass is 198 g/mol. The van der Waals surface area contributed by atoms with Crippen LogP contribution in [0.2, 0.25) is 0 Å². The number of rotatable bonds is 0. The van der Waals surface area contributed by atoms with E-state index < -0.39 is 0 Å². The first kappa shape index (κ1) is 10.4. The normalized spacial score (nSPS) is 39.2. The standard InChI is InChI=1S/C11H22N2O/c1-10(2,3)9-4-7-14-11(13-9)5-6-12-8-11/h9,12-13H,4-8H2,1-3H3. The van der Waals surface area contributed by atoms with Gasteiger partial charge in [0.2, 0.25) is 0 Å². The minimum atomic E-state index is -0.0593. The fourth-order valence-electron chi connectivity index (χ4n) is 2.37. The predicted octanol–water partition coefficient (Wildman–Crippen LogP) is 1.10. The van der Waals surface area contributed by atoms with Crippen molar-refractivity contribution in [3.63, 3.8) is 0 Å². The third-order valence-electron chi connectivity index (χ3n) is 3.38. The Morgan fingerprint density at radius 2 is 2.14 bits per heavy atom. The first-order valence-corrected chi connectivity index (χ1v) is 5.64. The molecule has 0 bridgehead atoms. The number of nitrogens with one attached hydrogen (secondary N) is 2. The summed E-state index contributed by atoms with van der Waals surface area (Å²) in [7, 11) is 0. The van der Waals surface area contributed by atoms with Crippen LogP contribution in [-0.4, -0.2) is 31.5 Å². The second kappa shape index (κ2) is 3.47. The minimum Gasteiger partial charge on any atom is -0.359 e. The number of ether oxygens (including phenoxy) is 1. The van der Waals surface area contributed by atoms with Gasteiger partial charge in [-0.25, -0.2) is 0 Å². The van der Waals surface area contributed by atoms with Gasteiger partial charge >= 0.3 is 0 Å². The first-order valence-electron chi connectivity index (χ1n) is 5.64. The van der Waals surface area contributed by atoms with Crippen LogP contribution in [-0.2, 0) is 4.74 Å². The molecule has 2 N–H and O–H groups in total. The van der Waals surface area contributed by atoms with Gasteiger partial charge < -0.3 is 10.1 Å². The van der Waals surface area contributed by atoms with E-state index >= 15 is 0 Å². The van der Waals surface area contributed by atoms with Crippen LogP contribution in [0.1, 0.15) is 33.6 Å². The van der Waals surface area contributed by atoms with Gasteiger partial charge in [-0.15, -0.1) is 0 Å². The van der Waals surface area contributed by atoms with Crippen LogP contribution in [0.5, 0.6) is 0 Å². The summed E-state index contributed by atoms with van der Waals surface area (Å²) < 4.78 is 5.88. The van der Waals surface area contributed by atoms with Crippen LogP contribution >= 0.6 is 0 Å². The lowest BCUT2D eigenvalue weighted by atomic mass is 9.83. The molecule has 0 aromatic carbocycles. The molecule has 2 fully saturated rings. The van der Waals surface area contributed by atoms with Gasteiger partial charge in [0.1, 0.15) is 5.72 Å². The molecule has 2 rings (SSSR count). The van der Waals surface area contributed by atoms with Crippen molar-refractivity contribution in [2.24, 2.45) is 5.41 Å². The number of hydrogen-bond donors (Lipinski definition) is 2. The zero-order chi connectivity index (χ0) is 10.2. The Bertz CT molecular complexity index is 204. The average Bonchev–Trinajstić information content (AvgIpc) is 2.52. The molecule has 2 unspecified atom stereocenters. The van der Waals surface area contributed by atoms with E-state index in [9.17, 15) is 0 Å². The van der Waals surface area contributed by atoms with Gasteiger partial charge in [0.05, 0.1) is 6.61 Å². The molecule has 14 heavy (non-hydrogen) atoms. The van der Waals surface area contributed by atoms with Gasteiger partial charge in [-0.1, -0.05) is 20.8 Å². The van der Waals surface area contributed by atoms with Gasteiger partial charge in [0.25, 0.3) is 0 Å². The SMILES string of the molecule is CC(C)(C)C1CCOC2(CCNC2)N1. The second-order valence-corrected chi connectivity index (χ2v) is 5.62. The maximum atomic E-state index is 5.88. The summed E-state index contributed by atoms with van der Waals surface area (Å²) in [5, 5.41) is 7.05. The summed E-state index contributed by atoms with van der Waals surface area (Å²) in [6.07, 6.45) is 2.23. The molecule has 0 aromatic rings. The Labute approximate surface area is 86.6 Å². The molecular weight excluding hydrogens is 176 g/mol. The summed E-state index contributed by atoms with van der Waals surface area (Å²) in [5.41, 5.74) is 0.273. The minimum absolute atomic E-state index is 0.0593. The lowest BCUT2D eigenvalue weighted by Gasteiger charge is -2.44. The van der Waals surface area contributed by atoms with Crippen molar-refractivity contribution in [1.82, 2.24) is 10.6 Å². The van der Waals surface area contributed by atoms with Crippen LogP contribution in [0.25, 0.3) is 0 Å². The molecule has 2 saturated heterocycles. The summed E-state index contributed by atoms with van der Waals surface area (Å²) in [6, 6.07) is 0.580. The molecule has 3 heteroatoms. The van der Waals surface area contributed by atoms with Crippen LogP contribution in [0, 0.1) is 5.41 Å². The van der Waals surface area contributed by atoms with Gasteiger partial charge in [-0.2, -0.15) is 0 Å². The maximum absolute atomic E-state index is 5.88. The molecule has 3 nitrogen and oxygen atoms in total. The summed E-state index contributed by atoms with van der Waals surface area (Å²) in [5.74, 6) is 0. The Morgan fingerprint density at radius 1 is 1.36 bits per heavy atom. The fraction of sp³-hybridized carbons (Fsp3) is 1.00. The van der Waals surface area contributed by atoms with E-state index in [1.54, 1.807) is 0 Å². The highest BCUT2D eigenvalue weighted by Gasteiger charge is 2.42. The van der Waals surface area contributed by atoms with E-state index in [0.29, 0.717) is 11.5 Å². The largest absolute Gasteiger partial charge is 0.359 e. The van der Waals surface area contributed by atoms with Gasteiger partial charge in [-0.3, -0.25) is 5.32 Å². The zero-order valence-corrected chi connectivity index (χ0v) is 9.52. The molecule has 0 amide bonds. The smallest absolute Gasteiger partial charge is 0.133 e. The zero-order valence-electron chi connectivity index (χ0n) is 9.52. The van der Waals surface area contributed by atoms with Gasteiger partial charge in [0, 0.05) is 19.0 Å². The molecule has 0 aromatic heterocycles. The Kier molecular flexibility index (Phi) is 2.58. The van der Waals surface area contributed by atoms with E-state index in [1.807, 2.05) is 0 Å². The van der Waals surface area contributed by atoms with E-state index in [-0.39, 0.29) is 5.72 Å². The van der Waals surface area contributed by atoms with Crippen LogP contribution < -0.4 is 10.6 Å². The van der Waals surface area contributed by atoms with Crippen LogP contribution in [0.15, 0.2) is 0 Å². The second-order valence-electron chi connectivity index (χ2n) is 5.62. The Morgan fingerprint density at radius 3 is 2.71 bits per heavy atom. The molecule has 2 aliphatic heterocycles. The maximum Gasteiger partial charge on any atom is 0.133 e. The summed E-state index contributed by atoms with van der Waals surface area (Å²) in [4.78, 5) is 0. The van der Waals surface area contributed by atoms with E-state index in [4.69, 9.17) is 4.74 Å². The molecule has 82 valence electrons. The third-order valence-corrected chi connectivity index (χ3v) is 3.38. The highest BCUT2D eigenvalue weighted by atomic mass is 16.5. The molecule has 2 aliphatic rings. The van der Waals surface area contributed by atoms with Crippen molar-refractivity contribution in [2.75, 3.05) is 19.7 Å². The lowest BCUT2D eigenvalue weighted by molar-refractivity contribution is -0.110. The molecule has 0 saturated carbocycles. The van der Waals surface area contributed by atoms with Crippen molar-refractivity contribution in [3.05, 3.63) is 0 Å². The third kappa shape index (κ3) is 1.95. The Balaban J connectivity index is 2.03. The molecular formula is C11H22N2O. The van der Waals surface area contributed by atoms with Gasteiger partial charge in [-0.05, 0) is 18.4 Å². The van der Waals surface area contributed by atoms with E-state index in [1.165, 1.54) is 0 Å². The Hall–Kier alpha value is -0.120. The fourth-order valence-corrected chi connectivity index (χ4v) is 2.37. The molecule has 1 spiro atoms. The number of hydrogen-bond acceptors (Lipinski definition) is 3. The van der Waals surface area contributed by atoms with Crippen molar-refractivity contribution in [2.45, 2.75) is 45.4 Å². The predicted molar refractivity (Wildman–Crippen MR) is 57.2 cm³/mol. The van der Waals surface area contributed by atoms with E-state index in [2.05, 4.69) is 31.4 Å². The highest BCUT2D eigenvalue weighted by Crippen LogP contribution is 2.30. The van der Waals surface area contributed by atoms with Crippen LogP contribution in [0.4, 0.5) is 0 Å². The highest BCUT2D eigenvalue weighted by molar-refractivity contribution is 4.96. The van der Waals surface area contributed by atoms with Gasteiger partial charge in [0.15, 0.2) is 0 Å². The van der Waals surface area contributed by atoms with Crippen molar-refractivity contribution in [3.8, 4) is 0 Å². The first-order chi connectivity index (χ1) is 6.52. The molecule has 2 heterocycles. The van der Waals surface area contributed by atoms with E-state index in [0.717, 1.165) is 32.5 Å². The quantitative estimate of drug-likeness (QED) is 0.611. The lowest BCUT2D eigenvalue weighted by Crippen LogP contribution is -2.61. The van der Waals surface area contributed by atoms with Crippen molar-refractivity contribution in [1.29, 1.82) is 0 Å². The van der Waals surface area contributed by atoms with Crippen molar-refractivity contribution < 1.29 is 4.74 Å². The summed E-state index contributed by atoms with van der Waals surface area (Å²) in [6.45, 7) is 9.82. The molecule has 0 radical (unpaired) electrons. The van der Waals surface area contributed by atoms with Crippen molar-refractivity contribution >= 4 is 0 Å². The molecule has 0 aliphatic carbocycles. The summed E-state index contributed by atoms with van der Waals surface area (Å²) >= 11 is 0.